The molecule has 1 amide bonds. The van der Waals surface area contributed by atoms with Crippen molar-refractivity contribution in [2.45, 2.75) is 64.1 Å². The van der Waals surface area contributed by atoms with Gasteiger partial charge < -0.3 is 9.84 Å². The molecular weight excluding hydrogens is 344 g/mol. The first-order chi connectivity index (χ1) is 13.1. The third-order valence-electron chi connectivity index (χ3n) is 5.88. The van der Waals surface area contributed by atoms with E-state index in [4.69, 9.17) is 9.84 Å². The lowest BCUT2D eigenvalue weighted by atomic mass is 9.76. The van der Waals surface area contributed by atoms with Crippen molar-refractivity contribution in [3.05, 3.63) is 35.4 Å². The second-order valence-electron chi connectivity index (χ2n) is 7.69. The predicted molar refractivity (Wildman–Crippen MR) is 102 cm³/mol. The van der Waals surface area contributed by atoms with Crippen molar-refractivity contribution in [1.29, 1.82) is 0 Å². The number of unbranched alkanes of at least 4 members (excludes halogenated alkanes) is 1. The molecule has 2 aliphatic rings. The van der Waals surface area contributed by atoms with Crippen molar-refractivity contribution in [2.75, 3.05) is 6.54 Å². The lowest BCUT2D eigenvalue weighted by Crippen LogP contribution is -2.44. The highest BCUT2D eigenvalue weighted by molar-refractivity contribution is 5.87. The minimum Gasteiger partial charge on any atom is -0.478 e. The van der Waals surface area contributed by atoms with Gasteiger partial charge >= 0.3 is 5.97 Å². The second-order valence-corrected chi connectivity index (χ2v) is 7.69. The maximum absolute atomic E-state index is 11.8. The molecule has 2 aliphatic heterocycles. The van der Waals surface area contributed by atoms with Crippen LogP contribution in [0.25, 0.3) is 0 Å². The number of carboxylic acids is 1. The summed E-state index contributed by atoms with van der Waals surface area (Å²) in [5, 5.41) is 9.00. The van der Waals surface area contributed by atoms with Crippen LogP contribution in [0.3, 0.4) is 0 Å². The van der Waals surface area contributed by atoms with Crippen LogP contribution in [0, 0.1) is 11.8 Å². The topological polar surface area (TPSA) is 87.7 Å². The first kappa shape index (κ1) is 19.8. The number of benzene rings is 1. The monoisotopic (exact) mass is 374 g/mol. The van der Waals surface area contributed by atoms with Gasteiger partial charge in [0.15, 0.2) is 0 Å². The average molecular weight is 374 g/mol. The maximum atomic E-state index is 11.8. The van der Waals surface area contributed by atoms with Gasteiger partial charge in [-0.2, -0.15) is 0 Å². The molecule has 6 nitrogen and oxygen atoms in total. The molecule has 27 heavy (non-hydrogen) atoms. The Balaban J connectivity index is 1.49. The normalized spacial score (nSPS) is 26.3. The van der Waals surface area contributed by atoms with Crippen molar-refractivity contribution in [3.8, 4) is 0 Å². The predicted octanol–water partition coefficient (Wildman–Crippen LogP) is 2.92. The van der Waals surface area contributed by atoms with Crippen LogP contribution in [0.15, 0.2) is 24.3 Å². The molecule has 3 N–H and O–H groups in total. The number of hydrogen-bond acceptors (Lipinski definition) is 4. The Labute approximate surface area is 160 Å². The Kier molecular flexibility index (Phi) is 6.85. The number of amides is 1. The van der Waals surface area contributed by atoms with E-state index in [1.807, 2.05) is 12.1 Å². The maximum Gasteiger partial charge on any atom is 0.335 e. The van der Waals surface area contributed by atoms with E-state index in [9.17, 15) is 9.59 Å². The number of rotatable bonds is 10. The summed E-state index contributed by atoms with van der Waals surface area (Å²) in [6, 6.07) is 7.14. The molecule has 6 heteroatoms. The zero-order valence-corrected chi connectivity index (χ0v) is 15.9. The van der Waals surface area contributed by atoms with Crippen LogP contribution in [0.1, 0.15) is 61.4 Å². The minimum absolute atomic E-state index is 0.0518. The van der Waals surface area contributed by atoms with Crippen LogP contribution >= 0.6 is 0 Å². The molecule has 4 atom stereocenters. The third kappa shape index (κ3) is 5.08. The van der Waals surface area contributed by atoms with Crippen molar-refractivity contribution >= 4 is 11.9 Å². The molecule has 0 saturated carbocycles. The Morgan fingerprint density at radius 3 is 2.52 bits per heavy atom. The van der Waals surface area contributed by atoms with Crippen LogP contribution in [0.2, 0.25) is 0 Å². The molecule has 0 aromatic heterocycles. The van der Waals surface area contributed by atoms with Gasteiger partial charge in [-0.25, -0.2) is 10.2 Å². The molecule has 2 saturated heterocycles. The third-order valence-corrected chi connectivity index (χ3v) is 5.88. The summed E-state index contributed by atoms with van der Waals surface area (Å²) in [7, 11) is 0. The first-order valence-electron chi connectivity index (χ1n) is 10.1. The first-order valence-corrected chi connectivity index (χ1v) is 10.1. The Morgan fingerprint density at radius 1 is 1.15 bits per heavy atom. The smallest absolute Gasteiger partial charge is 0.335 e. The number of ether oxygens (including phenoxy) is 1. The lowest BCUT2D eigenvalue weighted by Gasteiger charge is -2.28. The second kappa shape index (κ2) is 9.33. The summed E-state index contributed by atoms with van der Waals surface area (Å²) in [4.78, 5) is 22.7. The fraction of sp³-hybridized carbons (Fsp3) is 0.619. The number of carbonyl (C=O) groups excluding carboxylic acids is 1. The summed E-state index contributed by atoms with van der Waals surface area (Å²) in [6.45, 7) is 2.81. The van der Waals surface area contributed by atoms with E-state index in [0.29, 0.717) is 29.9 Å². The highest BCUT2D eigenvalue weighted by atomic mass is 16.5. The van der Waals surface area contributed by atoms with Gasteiger partial charge in [0.1, 0.15) is 0 Å². The van der Waals surface area contributed by atoms with Crippen LogP contribution < -0.4 is 10.9 Å². The molecule has 1 aromatic carbocycles. The molecular formula is C21H30N2O4. The SMILES string of the molecule is CCCCC(=O)NNC[C@H]1[C@H](CCc2ccc(C(=O)O)cc2)[C@H]2CC[C@@H]1O2. The number of nitrogens with one attached hydrogen (secondary N) is 2. The van der Waals surface area contributed by atoms with Crippen molar-refractivity contribution in [2.24, 2.45) is 11.8 Å². The van der Waals surface area contributed by atoms with E-state index < -0.39 is 5.97 Å². The Morgan fingerprint density at radius 2 is 1.85 bits per heavy atom. The van der Waals surface area contributed by atoms with E-state index >= 15 is 0 Å². The van der Waals surface area contributed by atoms with Crippen molar-refractivity contribution < 1.29 is 19.4 Å². The number of carboxylic acid groups (broad SMARTS) is 1. The number of fused-ring (bicyclic) bond motifs is 2. The summed E-state index contributed by atoms with van der Waals surface area (Å²) < 4.78 is 6.13. The van der Waals surface area contributed by atoms with Crippen LogP contribution in [-0.4, -0.2) is 35.7 Å². The molecule has 2 heterocycles. The molecule has 0 aliphatic carbocycles. The van der Waals surface area contributed by atoms with Gasteiger partial charge in [-0.3, -0.25) is 10.2 Å². The van der Waals surface area contributed by atoms with Gasteiger partial charge in [0.05, 0.1) is 17.8 Å². The molecule has 2 bridgehead atoms. The van der Waals surface area contributed by atoms with Crippen molar-refractivity contribution in [3.63, 3.8) is 0 Å². The number of hydrazine groups is 1. The zero-order chi connectivity index (χ0) is 19.2. The van der Waals surface area contributed by atoms with Crippen LogP contribution in [0.5, 0.6) is 0 Å². The van der Waals surface area contributed by atoms with E-state index in [2.05, 4.69) is 17.8 Å². The van der Waals surface area contributed by atoms with Crippen LogP contribution in [-0.2, 0) is 16.0 Å². The van der Waals surface area contributed by atoms with Gasteiger partial charge in [-0.15, -0.1) is 0 Å². The van der Waals surface area contributed by atoms with Gasteiger partial charge in [0.2, 0.25) is 5.91 Å². The highest BCUT2D eigenvalue weighted by Gasteiger charge is 2.48. The highest BCUT2D eigenvalue weighted by Crippen LogP contribution is 2.45. The molecule has 2 fully saturated rings. The summed E-state index contributed by atoms with van der Waals surface area (Å²) >= 11 is 0. The minimum atomic E-state index is -0.893. The average Bonchev–Trinajstić information content (AvgIpc) is 3.27. The fourth-order valence-corrected chi connectivity index (χ4v) is 4.37. The Bertz CT molecular complexity index is 646. The van der Waals surface area contributed by atoms with Gasteiger partial charge in [0.25, 0.3) is 0 Å². The van der Waals surface area contributed by atoms with Gasteiger partial charge in [-0.05, 0) is 55.7 Å². The quantitative estimate of drug-likeness (QED) is 0.548. The summed E-state index contributed by atoms with van der Waals surface area (Å²) in [6.07, 6.45) is 7.24. The molecule has 0 unspecified atom stereocenters. The van der Waals surface area contributed by atoms with Gasteiger partial charge in [0, 0.05) is 18.9 Å². The van der Waals surface area contributed by atoms with E-state index in [1.165, 1.54) is 0 Å². The number of hydrogen-bond donors (Lipinski definition) is 3. The van der Waals surface area contributed by atoms with E-state index in [0.717, 1.165) is 50.6 Å². The van der Waals surface area contributed by atoms with E-state index in [-0.39, 0.29) is 12.0 Å². The molecule has 0 radical (unpaired) electrons. The Hall–Kier alpha value is -1.92. The van der Waals surface area contributed by atoms with E-state index in [1.54, 1.807) is 12.1 Å². The summed E-state index contributed by atoms with van der Waals surface area (Å²) in [5.41, 5.74) is 7.42. The lowest BCUT2D eigenvalue weighted by molar-refractivity contribution is -0.122. The molecule has 1 aromatic rings. The number of aromatic carboxylic acids is 1. The van der Waals surface area contributed by atoms with Crippen molar-refractivity contribution in [1.82, 2.24) is 10.9 Å². The largest absolute Gasteiger partial charge is 0.478 e. The van der Waals surface area contributed by atoms with Crippen LogP contribution in [0.4, 0.5) is 0 Å². The zero-order valence-electron chi connectivity index (χ0n) is 15.9. The van der Waals surface area contributed by atoms with Gasteiger partial charge in [-0.1, -0.05) is 25.5 Å². The number of aryl methyl sites for hydroxylation is 1. The molecule has 148 valence electrons. The standard InChI is InChI=1S/C21H30N2O4/c1-2-3-4-20(24)23-22-13-17-16(18-11-12-19(17)27-18)10-7-14-5-8-15(9-6-14)21(25)26/h5-6,8-9,16-19,22H,2-4,7,10-13H2,1H3,(H,23,24)(H,25,26)/t16-,17-,18+,19-/m0/s1. The molecule has 0 spiro atoms. The fourth-order valence-electron chi connectivity index (χ4n) is 4.37. The molecule has 3 rings (SSSR count). The summed E-state index contributed by atoms with van der Waals surface area (Å²) in [5.74, 6) is 0.0441. The number of carbonyl (C=O) groups is 2.